The minimum absolute atomic E-state index is 0.263. The van der Waals surface area contributed by atoms with Gasteiger partial charge in [-0.2, -0.15) is 0 Å². The van der Waals surface area contributed by atoms with Gasteiger partial charge in [0.1, 0.15) is 16.5 Å². The van der Waals surface area contributed by atoms with Crippen LogP contribution in [0, 0.1) is 11.2 Å². The molecule has 0 radical (unpaired) electrons. The number of thioether (sulfide) groups is 1. The first kappa shape index (κ1) is 16.0. The monoisotopic (exact) mass is 347 g/mol. The Morgan fingerprint density at radius 3 is 2.74 bits per heavy atom. The largest absolute Gasteiger partial charge is 0.326 e. The molecule has 118 valence electrons. The zero-order valence-electron chi connectivity index (χ0n) is 12.7. The molecule has 3 rings (SSSR count). The third-order valence-electron chi connectivity index (χ3n) is 3.77. The average molecular weight is 348 g/mol. The Kier molecular flexibility index (Phi) is 4.41. The molecule has 3 aromatic rings. The van der Waals surface area contributed by atoms with Crippen molar-refractivity contribution < 1.29 is 4.39 Å². The molecule has 0 fully saturated rings. The number of nitrogens with zero attached hydrogens (tertiary/aromatic N) is 2. The van der Waals surface area contributed by atoms with E-state index in [0.29, 0.717) is 22.8 Å². The molecule has 0 aliphatic carbocycles. The zero-order valence-corrected chi connectivity index (χ0v) is 14.3. The molecule has 0 amide bonds. The summed E-state index contributed by atoms with van der Waals surface area (Å²) in [5.41, 5.74) is 2.07. The molecule has 0 bridgehead atoms. The minimum Gasteiger partial charge on any atom is -0.326 e. The van der Waals surface area contributed by atoms with Crippen molar-refractivity contribution in [1.29, 1.82) is 5.41 Å². The SMILES string of the molecule is CCn1c(=N)c(-c2cc(SC)ccc2F)cc2cnc(Cl)cc21. The van der Waals surface area contributed by atoms with Gasteiger partial charge in [0.25, 0.3) is 0 Å². The summed E-state index contributed by atoms with van der Waals surface area (Å²) in [6.07, 6.45) is 3.60. The van der Waals surface area contributed by atoms with E-state index in [2.05, 4.69) is 4.98 Å². The van der Waals surface area contributed by atoms with E-state index in [4.69, 9.17) is 17.0 Å². The summed E-state index contributed by atoms with van der Waals surface area (Å²) in [7, 11) is 0. The molecule has 1 aromatic carbocycles. The first-order valence-electron chi connectivity index (χ1n) is 7.12. The number of nitrogens with one attached hydrogen (secondary N) is 1. The third-order valence-corrected chi connectivity index (χ3v) is 4.71. The highest BCUT2D eigenvalue weighted by molar-refractivity contribution is 7.98. The Labute approximate surface area is 142 Å². The van der Waals surface area contributed by atoms with E-state index >= 15 is 0 Å². The van der Waals surface area contributed by atoms with Gasteiger partial charge in [0.05, 0.1) is 5.52 Å². The summed E-state index contributed by atoms with van der Waals surface area (Å²) in [5.74, 6) is -0.333. The van der Waals surface area contributed by atoms with Gasteiger partial charge in [-0.05, 0) is 43.5 Å². The second kappa shape index (κ2) is 6.34. The maximum absolute atomic E-state index is 14.3. The molecule has 0 atom stereocenters. The number of benzene rings is 1. The fourth-order valence-electron chi connectivity index (χ4n) is 2.64. The lowest BCUT2D eigenvalue weighted by Gasteiger charge is -2.14. The van der Waals surface area contributed by atoms with Gasteiger partial charge >= 0.3 is 0 Å². The second-order valence-electron chi connectivity index (χ2n) is 5.06. The van der Waals surface area contributed by atoms with Crippen LogP contribution in [-0.4, -0.2) is 15.8 Å². The molecular formula is C17H15ClFN3S. The van der Waals surface area contributed by atoms with Gasteiger partial charge in [0, 0.05) is 34.2 Å². The summed E-state index contributed by atoms with van der Waals surface area (Å²) < 4.78 is 16.1. The summed E-state index contributed by atoms with van der Waals surface area (Å²) in [4.78, 5) is 5.05. The molecule has 23 heavy (non-hydrogen) atoms. The van der Waals surface area contributed by atoms with E-state index in [-0.39, 0.29) is 11.3 Å². The number of aryl methyl sites for hydroxylation is 1. The normalized spacial score (nSPS) is 11.1. The molecule has 6 heteroatoms. The number of hydrogen-bond donors (Lipinski definition) is 1. The predicted octanol–water partition coefficient (Wildman–Crippen LogP) is 4.72. The molecule has 0 unspecified atom stereocenters. The van der Waals surface area contributed by atoms with Crippen molar-refractivity contribution in [3.63, 3.8) is 0 Å². The molecule has 0 aliphatic rings. The van der Waals surface area contributed by atoms with E-state index in [1.54, 1.807) is 42.2 Å². The summed E-state index contributed by atoms with van der Waals surface area (Å²) >= 11 is 7.52. The molecule has 0 saturated heterocycles. The van der Waals surface area contributed by atoms with Crippen LogP contribution in [0.25, 0.3) is 22.0 Å². The molecule has 1 N–H and O–H groups in total. The van der Waals surface area contributed by atoms with Crippen molar-refractivity contribution in [2.24, 2.45) is 0 Å². The molecular weight excluding hydrogens is 333 g/mol. The lowest BCUT2D eigenvalue weighted by Crippen LogP contribution is -2.22. The fourth-order valence-corrected chi connectivity index (χ4v) is 3.23. The van der Waals surface area contributed by atoms with Gasteiger partial charge in [-0.15, -0.1) is 11.8 Å². The lowest BCUT2D eigenvalue weighted by molar-refractivity contribution is 0.629. The molecule has 2 aromatic heterocycles. The Bertz CT molecular complexity index is 952. The Balaban J connectivity index is 2.37. The van der Waals surface area contributed by atoms with E-state index in [1.807, 2.05) is 17.7 Å². The van der Waals surface area contributed by atoms with Crippen LogP contribution in [-0.2, 0) is 6.54 Å². The molecule has 0 spiro atoms. The van der Waals surface area contributed by atoms with Crippen LogP contribution in [0.1, 0.15) is 6.92 Å². The van der Waals surface area contributed by atoms with Gasteiger partial charge < -0.3 is 4.57 Å². The van der Waals surface area contributed by atoms with Crippen molar-refractivity contribution in [3.05, 3.63) is 53.0 Å². The molecule has 0 aliphatic heterocycles. The highest BCUT2D eigenvalue weighted by atomic mass is 35.5. The van der Waals surface area contributed by atoms with E-state index in [1.165, 1.54) is 6.07 Å². The number of aromatic nitrogens is 2. The van der Waals surface area contributed by atoms with Crippen LogP contribution in [0.2, 0.25) is 5.15 Å². The maximum Gasteiger partial charge on any atom is 0.133 e. The zero-order chi connectivity index (χ0) is 16.6. The standard InChI is InChI=1S/C17H15ClFN3S/c1-3-22-15-8-16(18)21-9-10(15)6-13(17(22)20)12-7-11(23-2)4-5-14(12)19/h4-9,20H,3H2,1-2H3. The van der Waals surface area contributed by atoms with Crippen molar-refractivity contribution in [3.8, 4) is 11.1 Å². The number of hydrogen-bond acceptors (Lipinski definition) is 3. The average Bonchev–Trinajstić information content (AvgIpc) is 2.55. The first-order valence-corrected chi connectivity index (χ1v) is 8.73. The van der Waals surface area contributed by atoms with Crippen LogP contribution in [0.5, 0.6) is 0 Å². The fraction of sp³-hybridized carbons (Fsp3) is 0.176. The van der Waals surface area contributed by atoms with Crippen LogP contribution < -0.4 is 5.49 Å². The Morgan fingerprint density at radius 1 is 1.26 bits per heavy atom. The topological polar surface area (TPSA) is 41.7 Å². The predicted molar refractivity (Wildman–Crippen MR) is 93.4 cm³/mol. The Hall–Kier alpha value is -1.85. The number of fused-ring (bicyclic) bond motifs is 1. The van der Waals surface area contributed by atoms with Gasteiger partial charge in [-0.1, -0.05) is 11.6 Å². The van der Waals surface area contributed by atoms with E-state index in [9.17, 15) is 4.39 Å². The van der Waals surface area contributed by atoms with E-state index in [0.717, 1.165) is 15.8 Å². The third kappa shape index (κ3) is 2.86. The molecule has 0 saturated carbocycles. The van der Waals surface area contributed by atoms with Gasteiger partial charge in [-0.3, -0.25) is 5.41 Å². The van der Waals surface area contributed by atoms with Gasteiger partial charge in [0.2, 0.25) is 0 Å². The number of halogens is 2. The summed E-state index contributed by atoms with van der Waals surface area (Å²) in [6.45, 7) is 2.54. The highest BCUT2D eigenvalue weighted by Crippen LogP contribution is 2.28. The van der Waals surface area contributed by atoms with Crippen molar-refractivity contribution in [1.82, 2.24) is 9.55 Å². The Morgan fingerprint density at radius 2 is 2.04 bits per heavy atom. The smallest absolute Gasteiger partial charge is 0.133 e. The van der Waals surface area contributed by atoms with Crippen LogP contribution >= 0.6 is 23.4 Å². The lowest BCUT2D eigenvalue weighted by atomic mass is 10.0. The van der Waals surface area contributed by atoms with Gasteiger partial charge in [-0.25, -0.2) is 9.37 Å². The van der Waals surface area contributed by atoms with Crippen molar-refractivity contribution in [2.75, 3.05) is 6.26 Å². The van der Waals surface area contributed by atoms with E-state index < -0.39 is 0 Å². The molecule has 2 heterocycles. The number of pyridine rings is 2. The quantitative estimate of drug-likeness (QED) is 0.550. The number of rotatable bonds is 3. The van der Waals surface area contributed by atoms with Crippen LogP contribution in [0.15, 0.2) is 41.4 Å². The van der Waals surface area contributed by atoms with Crippen LogP contribution in [0.4, 0.5) is 4.39 Å². The second-order valence-corrected chi connectivity index (χ2v) is 6.33. The maximum atomic E-state index is 14.3. The summed E-state index contributed by atoms with van der Waals surface area (Å²) in [5, 5.41) is 9.69. The van der Waals surface area contributed by atoms with Crippen LogP contribution in [0.3, 0.4) is 0 Å². The molecule has 3 nitrogen and oxygen atoms in total. The first-order chi connectivity index (χ1) is 11.0. The summed E-state index contributed by atoms with van der Waals surface area (Å²) in [6, 6.07) is 8.50. The van der Waals surface area contributed by atoms with Crippen molar-refractivity contribution >= 4 is 34.3 Å². The highest BCUT2D eigenvalue weighted by Gasteiger charge is 2.13. The van der Waals surface area contributed by atoms with Gasteiger partial charge in [0.15, 0.2) is 0 Å². The minimum atomic E-state index is -0.333. The van der Waals surface area contributed by atoms with Crippen molar-refractivity contribution in [2.45, 2.75) is 18.4 Å².